The lowest BCUT2D eigenvalue weighted by Gasteiger charge is -2.45. The molecule has 4 nitrogen and oxygen atoms in total. The van der Waals surface area contributed by atoms with Gasteiger partial charge in [0.2, 0.25) is 5.91 Å². The second-order valence-corrected chi connectivity index (χ2v) is 5.85. The normalized spacial score (nSPS) is 21.1. The first kappa shape index (κ1) is 14.1. The average Bonchev–Trinajstić information content (AvgIpc) is 2.52. The number of ether oxygens (including phenoxy) is 1. The van der Waals surface area contributed by atoms with Crippen LogP contribution in [-0.2, 0) is 4.79 Å². The fraction of sp³-hybridized carbons (Fsp3) is 0.188. The molecule has 0 bridgehead atoms. The number of halogens is 1. The van der Waals surface area contributed by atoms with Gasteiger partial charge >= 0.3 is 0 Å². The van der Waals surface area contributed by atoms with Crippen LogP contribution < -0.4 is 15.4 Å². The predicted octanol–water partition coefficient (Wildman–Crippen LogP) is 2.87. The lowest BCUT2D eigenvalue weighted by Crippen LogP contribution is -2.63. The Balaban J connectivity index is 1.96. The van der Waals surface area contributed by atoms with E-state index in [2.05, 4.69) is 15.9 Å². The van der Waals surface area contributed by atoms with Crippen LogP contribution in [0.5, 0.6) is 5.75 Å². The zero-order chi connectivity index (χ0) is 15.0. The number of hydrogen-bond acceptors (Lipinski definition) is 3. The number of carbonyl (C=O) groups excluding carboxylic acids is 1. The minimum absolute atomic E-state index is 0.0647. The highest BCUT2D eigenvalue weighted by Gasteiger charge is 2.46. The van der Waals surface area contributed by atoms with E-state index in [0.717, 1.165) is 21.5 Å². The van der Waals surface area contributed by atoms with E-state index >= 15 is 0 Å². The van der Waals surface area contributed by atoms with Gasteiger partial charge in [-0.05, 0) is 42.0 Å². The molecule has 2 aromatic carbocycles. The van der Waals surface area contributed by atoms with Gasteiger partial charge in [-0.3, -0.25) is 4.79 Å². The first-order valence-electron chi connectivity index (χ1n) is 6.60. The zero-order valence-electron chi connectivity index (χ0n) is 11.5. The quantitative estimate of drug-likeness (QED) is 0.869. The van der Waals surface area contributed by atoms with E-state index in [1.54, 1.807) is 12.0 Å². The second kappa shape index (κ2) is 5.50. The summed E-state index contributed by atoms with van der Waals surface area (Å²) in [6.45, 7) is 0. The van der Waals surface area contributed by atoms with Crippen molar-refractivity contribution < 1.29 is 9.53 Å². The Kier molecular flexibility index (Phi) is 3.69. The van der Waals surface area contributed by atoms with Gasteiger partial charge in [0.05, 0.1) is 13.2 Å². The third-order valence-corrected chi connectivity index (χ3v) is 4.21. The summed E-state index contributed by atoms with van der Waals surface area (Å²) < 4.78 is 6.22. The molecule has 0 radical (unpaired) electrons. The maximum atomic E-state index is 12.1. The molecule has 1 heterocycles. The molecule has 2 atom stereocenters. The number of benzene rings is 2. The van der Waals surface area contributed by atoms with Crippen molar-refractivity contribution in [3.8, 4) is 5.75 Å². The van der Waals surface area contributed by atoms with Crippen LogP contribution in [0.15, 0.2) is 53.0 Å². The third-order valence-electron chi connectivity index (χ3n) is 3.68. The fourth-order valence-electron chi connectivity index (χ4n) is 2.58. The Hall–Kier alpha value is -1.85. The zero-order valence-corrected chi connectivity index (χ0v) is 13.1. The lowest BCUT2D eigenvalue weighted by molar-refractivity contribution is -0.126. The molecule has 1 aliphatic rings. The maximum Gasteiger partial charge on any atom is 0.247 e. The molecular formula is C16H15BrN2O2. The number of hydrogen-bond donors (Lipinski definition) is 1. The molecule has 21 heavy (non-hydrogen) atoms. The summed E-state index contributed by atoms with van der Waals surface area (Å²) in [4.78, 5) is 13.9. The predicted molar refractivity (Wildman–Crippen MR) is 85.3 cm³/mol. The SMILES string of the molecule is COc1cccc([C@H]2[C@H](N)C(=O)N2c2ccc(Br)cc2)c1. The van der Waals surface area contributed by atoms with Crippen LogP contribution in [0.4, 0.5) is 5.69 Å². The van der Waals surface area contributed by atoms with Crippen molar-refractivity contribution in [2.75, 3.05) is 12.0 Å². The Morgan fingerprint density at radius 1 is 1.19 bits per heavy atom. The molecule has 1 fully saturated rings. The Bertz CT molecular complexity index is 672. The standard InChI is InChI=1S/C16H15BrN2O2/c1-21-13-4-2-3-10(9-13)15-14(18)16(20)19(15)12-7-5-11(17)6-8-12/h2-9,14-15H,18H2,1H3/t14-,15-/m0/s1. The molecule has 1 aliphatic heterocycles. The van der Waals surface area contributed by atoms with Crippen LogP contribution in [-0.4, -0.2) is 19.1 Å². The minimum atomic E-state index is -0.513. The number of rotatable bonds is 3. The minimum Gasteiger partial charge on any atom is -0.497 e. The van der Waals surface area contributed by atoms with Gasteiger partial charge in [0, 0.05) is 10.2 Å². The number of nitrogens with two attached hydrogens (primary N) is 1. The Labute approximate surface area is 131 Å². The number of carbonyl (C=O) groups is 1. The summed E-state index contributed by atoms with van der Waals surface area (Å²) >= 11 is 3.40. The van der Waals surface area contributed by atoms with Crippen molar-refractivity contribution in [3.63, 3.8) is 0 Å². The van der Waals surface area contributed by atoms with Gasteiger partial charge in [-0.2, -0.15) is 0 Å². The van der Waals surface area contributed by atoms with Crippen LogP contribution in [0.3, 0.4) is 0 Å². The molecule has 0 aliphatic carbocycles. The van der Waals surface area contributed by atoms with E-state index in [1.807, 2.05) is 48.5 Å². The highest BCUT2D eigenvalue weighted by Crippen LogP contribution is 2.39. The summed E-state index contributed by atoms with van der Waals surface area (Å²) in [5, 5.41) is 0. The molecule has 2 aromatic rings. The van der Waals surface area contributed by atoms with Crippen molar-refractivity contribution in [1.29, 1.82) is 0 Å². The summed E-state index contributed by atoms with van der Waals surface area (Å²) in [5.41, 5.74) is 7.83. The Morgan fingerprint density at radius 3 is 2.57 bits per heavy atom. The molecule has 0 spiro atoms. The second-order valence-electron chi connectivity index (χ2n) is 4.93. The highest BCUT2D eigenvalue weighted by atomic mass is 79.9. The molecule has 2 N–H and O–H groups in total. The first-order valence-corrected chi connectivity index (χ1v) is 7.39. The number of amides is 1. The van der Waals surface area contributed by atoms with Crippen LogP contribution in [0, 0.1) is 0 Å². The van der Waals surface area contributed by atoms with E-state index in [0.29, 0.717) is 0 Å². The first-order chi connectivity index (χ1) is 10.1. The molecule has 0 unspecified atom stereocenters. The van der Waals surface area contributed by atoms with Gasteiger partial charge < -0.3 is 15.4 Å². The van der Waals surface area contributed by atoms with Crippen LogP contribution >= 0.6 is 15.9 Å². The highest BCUT2D eigenvalue weighted by molar-refractivity contribution is 9.10. The van der Waals surface area contributed by atoms with Gasteiger partial charge in [0.1, 0.15) is 11.8 Å². The van der Waals surface area contributed by atoms with Gasteiger partial charge in [-0.25, -0.2) is 0 Å². The molecule has 108 valence electrons. The summed E-state index contributed by atoms with van der Waals surface area (Å²) in [7, 11) is 1.62. The Morgan fingerprint density at radius 2 is 1.90 bits per heavy atom. The van der Waals surface area contributed by atoms with Crippen molar-refractivity contribution in [2.45, 2.75) is 12.1 Å². The molecular weight excluding hydrogens is 332 g/mol. The fourth-order valence-corrected chi connectivity index (χ4v) is 2.85. The lowest BCUT2D eigenvalue weighted by atomic mass is 9.88. The van der Waals surface area contributed by atoms with E-state index in [1.165, 1.54) is 0 Å². The average molecular weight is 347 g/mol. The molecule has 0 aromatic heterocycles. The number of methoxy groups -OCH3 is 1. The van der Waals surface area contributed by atoms with E-state index in [-0.39, 0.29) is 11.9 Å². The molecule has 1 amide bonds. The molecule has 5 heteroatoms. The van der Waals surface area contributed by atoms with Crippen molar-refractivity contribution >= 4 is 27.5 Å². The van der Waals surface area contributed by atoms with Gasteiger partial charge in [0.15, 0.2) is 0 Å². The largest absolute Gasteiger partial charge is 0.497 e. The van der Waals surface area contributed by atoms with Crippen LogP contribution in [0.1, 0.15) is 11.6 Å². The maximum absolute atomic E-state index is 12.1. The summed E-state index contributed by atoms with van der Waals surface area (Å²) in [5.74, 6) is 0.694. The van der Waals surface area contributed by atoms with Crippen LogP contribution in [0.2, 0.25) is 0 Å². The van der Waals surface area contributed by atoms with E-state index in [9.17, 15) is 4.79 Å². The van der Waals surface area contributed by atoms with Gasteiger partial charge in [-0.15, -0.1) is 0 Å². The number of β-lactam (4-membered cyclic amide) rings is 1. The molecule has 3 rings (SSSR count). The van der Waals surface area contributed by atoms with Gasteiger partial charge in [0.25, 0.3) is 0 Å². The van der Waals surface area contributed by atoms with Gasteiger partial charge in [-0.1, -0.05) is 28.1 Å². The van der Waals surface area contributed by atoms with E-state index in [4.69, 9.17) is 10.5 Å². The van der Waals surface area contributed by atoms with Crippen molar-refractivity contribution in [3.05, 3.63) is 58.6 Å². The van der Waals surface area contributed by atoms with Crippen molar-refractivity contribution in [1.82, 2.24) is 0 Å². The summed E-state index contributed by atoms with van der Waals surface area (Å²) in [6.07, 6.45) is 0. The van der Waals surface area contributed by atoms with E-state index < -0.39 is 6.04 Å². The van der Waals surface area contributed by atoms with Crippen LogP contribution in [0.25, 0.3) is 0 Å². The molecule has 0 saturated carbocycles. The third kappa shape index (κ3) is 2.43. The topological polar surface area (TPSA) is 55.6 Å². The molecule has 1 saturated heterocycles. The smallest absolute Gasteiger partial charge is 0.247 e. The number of nitrogens with zero attached hydrogens (tertiary/aromatic N) is 1. The summed E-state index contributed by atoms with van der Waals surface area (Å²) in [6, 6.07) is 14.6. The monoisotopic (exact) mass is 346 g/mol. The van der Waals surface area contributed by atoms with Crippen molar-refractivity contribution in [2.24, 2.45) is 5.73 Å². The number of anilines is 1.